The molecule has 1 atom stereocenters. The van der Waals surface area contributed by atoms with E-state index in [0.29, 0.717) is 11.4 Å². The zero-order valence-electron chi connectivity index (χ0n) is 10.2. The molecule has 1 fully saturated rings. The van der Waals surface area contributed by atoms with Crippen LogP contribution in [0.1, 0.15) is 18.9 Å². The van der Waals surface area contributed by atoms with Gasteiger partial charge < -0.3 is 10.2 Å². The Labute approximate surface area is 107 Å². The van der Waals surface area contributed by atoms with Crippen LogP contribution < -0.4 is 10.2 Å². The minimum absolute atomic E-state index is 0.163. The predicted octanol–water partition coefficient (Wildman–Crippen LogP) is 2.36. The second kappa shape index (κ2) is 5.07. The maximum Gasteiger partial charge on any atom is 0.228 e. The maximum absolute atomic E-state index is 11.9. The molecule has 0 radical (unpaired) electrons. The molecule has 1 amide bonds. The van der Waals surface area contributed by atoms with Crippen molar-refractivity contribution in [3.8, 4) is 0 Å². The standard InChI is InChI=1S/C13H17ClN2O/c1-3-15-10-6-13(17)16(8-10)11-5-4-9(2)12(14)7-11/h4-5,7,10,15H,3,6,8H2,1-2H3. The number of hydrogen-bond donors (Lipinski definition) is 1. The molecular weight excluding hydrogens is 236 g/mol. The molecule has 1 unspecified atom stereocenters. The Morgan fingerprint density at radius 2 is 2.29 bits per heavy atom. The van der Waals surface area contributed by atoms with E-state index in [4.69, 9.17) is 11.6 Å². The highest BCUT2D eigenvalue weighted by Crippen LogP contribution is 2.26. The lowest BCUT2D eigenvalue weighted by atomic mass is 10.2. The largest absolute Gasteiger partial charge is 0.312 e. The number of anilines is 1. The number of likely N-dealkylation sites (N-methyl/N-ethyl adjacent to an activating group) is 1. The van der Waals surface area contributed by atoms with Crippen LogP contribution in [0.4, 0.5) is 5.69 Å². The minimum atomic E-state index is 0.163. The summed E-state index contributed by atoms with van der Waals surface area (Å²) in [4.78, 5) is 13.7. The van der Waals surface area contributed by atoms with Crippen molar-refractivity contribution in [2.45, 2.75) is 26.3 Å². The lowest BCUT2D eigenvalue weighted by molar-refractivity contribution is -0.117. The maximum atomic E-state index is 11.9. The zero-order chi connectivity index (χ0) is 12.4. The highest BCUT2D eigenvalue weighted by Gasteiger charge is 2.29. The van der Waals surface area contributed by atoms with Crippen molar-refractivity contribution in [2.75, 3.05) is 18.0 Å². The zero-order valence-corrected chi connectivity index (χ0v) is 10.9. The van der Waals surface area contributed by atoms with Gasteiger partial charge in [0.05, 0.1) is 0 Å². The van der Waals surface area contributed by atoms with Gasteiger partial charge in [0.2, 0.25) is 5.91 Å². The third-order valence-electron chi connectivity index (χ3n) is 3.08. The van der Waals surface area contributed by atoms with Gasteiger partial charge in [0, 0.05) is 29.7 Å². The van der Waals surface area contributed by atoms with Crippen LogP contribution in [-0.4, -0.2) is 25.0 Å². The van der Waals surface area contributed by atoms with E-state index in [2.05, 4.69) is 12.2 Å². The fourth-order valence-electron chi connectivity index (χ4n) is 2.13. The van der Waals surface area contributed by atoms with Crippen molar-refractivity contribution in [2.24, 2.45) is 0 Å². The molecule has 2 rings (SSSR count). The summed E-state index contributed by atoms with van der Waals surface area (Å²) in [6, 6.07) is 6.02. The molecule has 3 nitrogen and oxygen atoms in total. The molecule has 4 heteroatoms. The van der Waals surface area contributed by atoms with E-state index in [1.54, 1.807) is 4.90 Å². The monoisotopic (exact) mass is 252 g/mol. The van der Waals surface area contributed by atoms with Crippen LogP contribution in [-0.2, 0) is 4.79 Å². The molecule has 17 heavy (non-hydrogen) atoms. The minimum Gasteiger partial charge on any atom is -0.312 e. The van der Waals surface area contributed by atoms with Gasteiger partial charge in [0.15, 0.2) is 0 Å². The van der Waals surface area contributed by atoms with Crippen molar-refractivity contribution in [1.82, 2.24) is 5.32 Å². The van der Waals surface area contributed by atoms with Crippen molar-refractivity contribution in [3.05, 3.63) is 28.8 Å². The van der Waals surface area contributed by atoms with E-state index in [1.165, 1.54) is 0 Å². The number of nitrogens with one attached hydrogen (secondary N) is 1. The summed E-state index contributed by atoms with van der Waals surface area (Å²) in [5.41, 5.74) is 1.93. The molecule has 1 aromatic rings. The Morgan fingerprint density at radius 1 is 1.53 bits per heavy atom. The number of carbonyl (C=O) groups excluding carboxylic acids is 1. The normalized spacial score (nSPS) is 20.1. The Hall–Kier alpha value is -1.06. The van der Waals surface area contributed by atoms with Gasteiger partial charge in [-0.2, -0.15) is 0 Å². The van der Waals surface area contributed by atoms with Gasteiger partial charge in [0.25, 0.3) is 0 Å². The lowest BCUT2D eigenvalue weighted by Crippen LogP contribution is -2.32. The molecule has 0 spiro atoms. The average molecular weight is 253 g/mol. The Kier molecular flexibility index (Phi) is 3.69. The van der Waals surface area contributed by atoms with E-state index in [-0.39, 0.29) is 11.9 Å². The van der Waals surface area contributed by atoms with Crippen LogP contribution in [0.5, 0.6) is 0 Å². The first-order chi connectivity index (χ1) is 8.11. The summed E-state index contributed by atoms with van der Waals surface area (Å²) in [5, 5.41) is 4.02. The fraction of sp³-hybridized carbons (Fsp3) is 0.462. The van der Waals surface area contributed by atoms with E-state index >= 15 is 0 Å². The number of rotatable bonds is 3. The molecule has 1 aliphatic rings. The third kappa shape index (κ3) is 2.61. The van der Waals surface area contributed by atoms with Crippen LogP contribution >= 0.6 is 11.6 Å². The van der Waals surface area contributed by atoms with E-state index in [0.717, 1.165) is 24.3 Å². The first-order valence-electron chi connectivity index (χ1n) is 5.91. The second-order valence-electron chi connectivity index (χ2n) is 4.40. The van der Waals surface area contributed by atoms with Crippen LogP contribution in [0.15, 0.2) is 18.2 Å². The summed E-state index contributed by atoms with van der Waals surface area (Å²) in [5.74, 6) is 0.163. The van der Waals surface area contributed by atoms with Gasteiger partial charge >= 0.3 is 0 Å². The van der Waals surface area contributed by atoms with Crippen LogP contribution in [0.2, 0.25) is 5.02 Å². The van der Waals surface area contributed by atoms with Crippen LogP contribution in [0.25, 0.3) is 0 Å². The van der Waals surface area contributed by atoms with Gasteiger partial charge in [-0.15, -0.1) is 0 Å². The molecule has 1 N–H and O–H groups in total. The fourth-order valence-corrected chi connectivity index (χ4v) is 2.31. The number of carbonyl (C=O) groups is 1. The second-order valence-corrected chi connectivity index (χ2v) is 4.80. The highest BCUT2D eigenvalue weighted by atomic mass is 35.5. The number of aryl methyl sites for hydroxylation is 1. The average Bonchev–Trinajstić information content (AvgIpc) is 2.64. The first-order valence-corrected chi connectivity index (χ1v) is 6.29. The molecule has 0 bridgehead atoms. The van der Waals surface area contributed by atoms with E-state index in [1.807, 2.05) is 25.1 Å². The predicted molar refractivity (Wildman–Crippen MR) is 70.6 cm³/mol. The van der Waals surface area contributed by atoms with Crippen molar-refractivity contribution in [3.63, 3.8) is 0 Å². The number of nitrogens with zero attached hydrogens (tertiary/aromatic N) is 1. The highest BCUT2D eigenvalue weighted by molar-refractivity contribution is 6.31. The quantitative estimate of drug-likeness (QED) is 0.896. The molecule has 92 valence electrons. The summed E-state index contributed by atoms with van der Waals surface area (Å²) in [6.45, 7) is 5.63. The van der Waals surface area contributed by atoms with E-state index < -0.39 is 0 Å². The van der Waals surface area contributed by atoms with Crippen LogP contribution in [0, 0.1) is 6.92 Å². The van der Waals surface area contributed by atoms with Crippen LogP contribution in [0.3, 0.4) is 0 Å². The lowest BCUT2D eigenvalue weighted by Gasteiger charge is -2.17. The van der Waals surface area contributed by atoms with Gasteiger partial charge in [-0.3, -0.25) is 4.79 Å². The van der Waals surface area contributed by atoms with Crippen molar-refractivity contribution >= 4 is 23.2 Å². The molecule has 1 heterocycles. The van der Waals surface area contributed by atoms with Gasteiger partial charge in [0.1, 0.15) is 0 Å². The number of benzene rings is 1. The van der Waals surface area contributed by atoms with Gasteiger partial charge in [-0.05, 0) is 31.2 Å². The smallest absolute Gasteiger partial charge is 0.228 e. The first kappa shape index (κ1) is 12.4. The molecule has 0 aromatic heterocycles. The summed E-state index contributed by atoms with van der Waals surface area (Å²) >= 11 is 6.08. The summed E-state index contributed by atoms with van der Waals surface area (Å²) in [6.07, 6.45) is 0.569. The number of amides is 1. The Morgan fingerprint density at radius 3 is 2.94 bits per heavy atom. The molecule has 1 saturated heterocycles. The van der Waals surface area contributed by atoms with Crippen molar-refractivity contribution in [1.29, 1.82) is 0 Å². The molecular formula is C13H17ClN2O. The summed E-state index contributed by atoms with van der Waals surface area (Å²) < 4.78 is 0. The topological polar surface area (TPSA) is 32.3 Å². The summed E-state index contributed by atoms with van der Waals surface area (Å²) in [7, 11) is 0. The third-order valence-corrected chi connectivity index (χ3v) is 3.49. The Bertz CT molecular complexity index is 433. The SMILES string of the molecule is CCNC1CC(=O)N(c2ccc(C)c(Cl)c2)C1. The van der Waals surface area contributed by atoms with Crippen molar-refractivity contribution < 1.29 is 4.79 Å². The molecule has 1 aromatic carbocycles. The van der Waals surface area contributed by atoms with Gasteiger partial charge in [-0.25, -0.2) is 0 Å². The van der Waals surface area contributed by atoms with Gasteiger partial charge in [-0.1, -0.05) is 24.6 Å². The Balaban J connectivity index is 2.17. The van der Waals surface area contributed by atoms with E-state index in [9.17, 15) is 4.79 Å². The number of hydrogen-bond acceptors (Lipinski definition) is 2. The molecule has 0 saturated carbocycles. The molecule has 0 aliphatic carbocycles. The molecule has 1 aliphatic heterocycles. The number of halogens is 1.